The quantitative estimate of drug-likeness (QED) is 0.740. The van der Waals surface area contributed by atoms with E-state index in [0.717, 1.165) is 38.3 Å². The summed E-state index contributed by atoms with van der Waals surface area (Å²) in [5.74, 6) is 1.05. The summed E-state index contributed by atoms with van der Waals surface area (Å²) in [7, 11) is 0. The Kier molecular flexibility index (Phi) is 4.34. The molecule has 1 aliphatic carbocycles. The van der Waals surface area contributed by atoms with Gasteiger partial charge in [-0.2, -0.15) is 0 Å². The van der Waals surface area contributed by atoms with Gasteiger partial charge < -0.3 is 10.6 Å². The first-order valence-corrected chi connectivity index (χ1v) is 7.60. The summed E-state index contributed by atoms with van der Waals surface area (Å²) in [5.41, 5.74) is 6.20. The van der Waals surface area contributed by atoms with Gasteiger partial charge in [0.25, 0.3) is 0 Å². The number of rotatable bonds is 1. The second kappa shape index (κ2) is 5.66. The molecule has 2 aliphatic rings. The highest BCUT2D eigenvalue weighted by Gasteiger charge is 2.31. The van der Waals surface area contributed by atoms with Crippen molar-refractivity contribution < 1.29 is 4.79 Å². The van der Waals surface area contributed by atoms with Gasteiger partial charge >= 0.3 is 0 Å². The van der Waals surface area contributed by atoms with Gasteiger partial charge in [0.15, 0.2) is 0 Å². The third kappa shape index (κ3) is 3.59. The van der Waals surface area contributed by atoms with Crippen LogP contribution in [0.2, 0.25) is 0 Å². The molecule has 1 fully saturated rings. The zero-order valence-electron chi connectivity index (χ0n) is 12.6. The summed E-state index contributed by atoms with van der Waals surface area (Å²) in [6.07, 6.45) is 8.27. The highest BCUT2D eigenvalue weighted by molar-refractivity contribution is 5.81. The average Bonchev–Trinajstić information content (AvgIpc) is 2.62. The fourth-order valence-corrected chi connectivity index (χ4v) is 3.33. The number of nitrogens with zero attached hydrogens (tertiary/aromatic N) is 1. The lowest BCUT2D eigenvalue weighted by atomic mass is 9.77. The van der Waals surface area contributed by atoms with Crippen LogP contribution in [0.1, 0.15) is 46.5 Å². The Hall–Kier alpha value is -0.830. The molecule has 3 nitrogen and oxygen atoms in total. The van der Waals surface area contributed by atoms with E-state index in [0.29, 0.717) is 11.3 Å². The maximum atomic E-state index is 12.5. The summed E-state index contributed by atoms with van der Waals surface area (Å²) >= 11 is 0. The lowest BCUT2D eigenvalue weighted by Crippen LogP contribution is -2.37. The lowest BCUT2D eigenvalue weighted by molar-refractivity contribution is -0.134. The van der Waals surface area contributed by atoms with E-state index in [1.54, 1.807) is 0 Å². The van der Waals surface area contributed by atoms with Gasteiger partial charge in [0, 0.05) is 19.1 Å². The minimum Gasteiger partial charge on any atom is -0.342 e. The molecule has 0 aromatic heterocycles. The van der Waals surface area contributed by atoms with Crippen molar-refractivity contribution in [3.8, 4) is 0 Å². The average molecular weight is 264 g/mol. The standard InChI is InChI=1S/C16H28N2O/c1-16(2,3)13-5-4-9-18(10-8-13)15(19)12-6-7-14(17)11-12/h6-7,12-14H,4-5,8-11,17H2,1-3H3. The minimum absolute atomic E-state index is 0.0289. The third-order valence-electron chi connectivity index (χ3n) is 4.70. The Morgan fingerprint density at radius 2 is 1.95 bits per heavy atom. The smallest absolute Gasteiger partial charge is 0.229 e. The van der Waals surface area contributed by atoms with Crippen molar-refractivity contribution in [3.63, 3.8) is 0 Å². The van der Waals surface area contributed by atoms with Crippen molar-refractivity contribution in [2.45, 2.75) is 52.5 Å². The Bertz CT molecular complexity index is 356. The Morgan fingerprint density at radius 3 is 2.53 bits per heavy atom. The summed E-state index contributed by atoms with van der Waals surface area (Å²) in [5, 5.41) is 0. The summed E-state index contributed by atoms with van der Waals surface area (Å²) in [6.45, 7) is 8.78. The molecule has 0 radical (unpaired) electrons. The minimum atomic E-state index is 0.0289. The molecule has 1 saturated heterocycles. The molecule has 1 aliphatic heterocycles. The van der Waals surface area contributed by atoms with Crippen LogP contribution in [-0.4, -0.2) is 29.9 Å². The van der Waals surface area contributed by atoms with Crippen molar-refractivity contribution in [1.82, 2.24) is 4.90 Å². The SMILES string of the molecule is CC(C)(C)C1CCCN(C(=O)C2C=CC(N)C2)CC1. The molecule has 2 rings (SSSR count). The molecule has 2 N–H and O–H groups in total. The van der Waals surface area contributed by atoms with Gasteiger partial charge in [-0.05, 0) is 37.0 Å². The van der Waals surface area contributed by atoms with Crippen LogP contribution in [0, 0.1) is 17.3 Å². The highest BCUT2D eigenvalue weighted by atomic mass is 16.2. The molecule has 0 aromatic rings. The van der Waals surface area contributed by atoms with E-state index in [1.807, 2.05) is 12.2 Å². The van der Waals surface area contributed by atoms with Gasteiger partial charge in [0.05, 0.1) is 5.92 Å². The van der Waals surface area contributed by atoms with Crippen molar-refractivity contribution in [1.29, 1.82) is 0 Å². The molecule has 19 heavy (non-hydrogen) atoms. The second-order valence-electron chi connectivity index (χ2n) is 7.21. The van der Waals surface area contributed by atoms with Crippen molar-refractivity contribution in [2.24, 2.45) is 23.0 Å². The van der Waals surface area contributed by atoms with Crippen LogP contribution in [0.15, 0.2) is 12.2 Å². The molecule has 1 heterocycles. The number of hydrogen-bond acceptors (Lipinski definition) is 2. The second-order valence-corrected chi connectivity index (χ2v) is 7.21. The van der Waals surface area contributed by atoms with E-state index in [9.17, 15) is 4.79 Å². The van der Waals surface area contributed by atoms with Crippen LogP contribution in [0.3, 0.4) is 0 Å². The molecule has 0 spiro atoms. The number of hydrogen-bond donors (Lipinski definition) is 1. The van der Waals surface area contributed by atoms with Gasteiger partial charge in [-0.25, -0.2) is 0 Å². The largest absolute Gasteiger partial charge is 0.342 e. The Balaban J connectivity index is 1.92. The third-order valence-corrected chi connectivity index (χ3v) is 4.70. The Morgan fingerprint density at radius 1 is 1.21 bits per heavy atom. The van der Waals surface area contributed by atoms with Crippen LogP contribution in [-0.2, 0) is 4.79 Å². The first-order valence-electron chi connectivity index (χ1n) is 7.60. The predicted octanol–water partition coefficient (Wildman–Crippen LogP) is 2.56. The molecule has 3 unspecified atom stereocenters. The highest BCUT2D eigenvalue weighted by Crippen LogP contribution is 2.34. The van der Waals surface area contributed by atoms with Crippen molar-refractivity contribution in [2.75, 3.05) is 13.1 Å². The van der Waals surface area contributed by atoms with Gasteiger partial charge in [-0.1, -0.05) is 32.9 Å². The van der Waals surface area contributed by atoms with E-state index in [1.165, 1.54) is 6.42 Å². The lowest BCUT2D eigenvalue weighted by Gasteiger charge is -2.30. The van der Waals surface area contributed by atoms with Gasteiger partial charge in [-0.3, -0.25) is 4.79 Å². The van der Waals surface area contributed by atoms with Crippen LogP contribution in [0.25, 0.3) is 0 Å². The van der Waals surface area contributed by atoms with Gasteiger partial charge in [-0.15, -0.1) is 0 Å². The Labute approximate surface area is 117 Å². The molecule has 108 valence electrons. The molecular weight excluding hydrogens is 236 g/mol. The number of amides is 1. The number of carbonyl (C=O) groups is 1. The molecule has 0 aromatic carbocycles. The van der Waals surface area contributed by atoms with Crippen molar-refractivity contribution in [3.05, 3.63) is 12.2 Å². The number of nitrogens with two attached hydrogens (primary N) is 1. The normalized spacial score (nSPS) is 32.4. The monoisotopic (exact) mass is 264 g/mol. The van der Waals surface area contributed by atoms with E-state index >= 15 is 0 Å². The topological polar surface area (TPSA) is 46.3 Å². The molecule has 3 heteroatoms. The van der Waals surface area contributed by atoms with Gasteiger partial charge in [0.2, 0.25) is 5.91 Å². The van der Waals surface area contributed by atoms with Gasteiger partial charge in [0.1, 0.15) is 0 Å². The van der Waals surface area contributed by atoms with E-state index in [2.05, 4.69) is 25.7 Å². The molecular formula is C16H28N2O. The maximum absolute atomic E-state index is 12.5. The number of carbonyl (C=O) groups excluding carboxylic acids is 1. The fraction of sp³-hybridized carbons (Fsp3) is 0.812. The fourth-order valence-electron chi connectivity index (χ4n) is 3.33. The molecule has 1 amide bonds. The predicted molar refractivity (Wildman–Crippen MR) is 78.6 cm³/mol. The molecule has 0 bridgehead atoms. The summed E-state index contributed by atoms with van der Waals surface area (Å²) < 4.78 is 0. The van der Waals surface area contributed by atoms with Crippen molar-refractivity contribution >= 4 is 5.91 Å². The zero-order valence-corrected chi connectivity index (χ0v) is 12.6. The maximum Gasteiger partial charge on any atom is 0.229 e. The molecule has 0 saturated carbocycles. The van der Waals surface area contributed by atoms with Crippen LogP contribution in [0.5, 0.6) is 0 Å². The first-order chi connectivity index (χ1) is 8.88. The van der Waals surface area contributed by atoms with E-state index in [-0.39, 0.29) is 12.0 Å². The van der Waals surface area contributed by atoms with Crippen LogP contribution in [0.4, 0.5) is 0 Å². The van der Waals surface area contributed by atoms with E-state index in [4.69, 9.17) is 5.73 Å². The summed E-state index contributed by atoms with van der Waals surface area (Å²) in [4.78, 5) is 14.5. The number of likely N-dealkylation sites (tertiary alicyclic amines) is 1. The van der Waals surface area contributed by atoms with E-state index < -0.39 is 0 Å². The molecule has 3 atom stereocenters. The zero-order chi connectivity index (χ0) is 14.0. The summed E-state index contributed by atoms with van der Waals surface area (Å²) in [6, 6.07) is 0.0725. The van der Waals surface area contributed by atoms with Crippen LogP contribution < -0.4 is 5.73 Å². The van der Waals surface area contributed by atoms with Crippen LogP contribution >= 0.6 is 0 Å². The first kappa shape index (κ1) is 14.6.